The topological polar surface area (TPSA) is 107 Å². The van der Waals surface area contributed by atoms with Crippen LogP contribution in [0.1, 0.15) is 64.7 Å². The summed E-state index contributed by atoms with van der Waals surface area (Å²) >= 11 is 0. The summed E-state index contributed by atoms with van der Waals surface area (Å²) in [4.78, 5) is 39.2. The van der Waals surface area contributed by atoms with Crippen molar-refractivity contribution in [2.24, 2.45) is 0 Å². The quantitative estimate of drug-likeness (QED) is 0.711. The number of nitrogens with zero attached hydrogens (tertiary/aromatic N) is 3. The average Bonchev–Trinajstić information content (AvgIpc) is 2.92. The number of nitrogens with one attached hydrogen (secondary N) is 1. The minimum atomic E-state index is -3.46. The van der Waals surface area contributed by atoms with E-state index in [2.05, 4.69) is 5.32 Å². The normalized spacial score (nSPS) is 18.8. The van der Waals surface area contributed by atoms with Crippen molar-refractivity contribution in [1.29, 1.82) is 0 Å². The predicted molar refractivity (Wildman–Crippen MR) is 111 cm³/mol. The van der Waals surface area contributed by atoms with Gasteiger partial charge < -0.3 is 5.32 Å². The van der Waals surface area contributed by atoms with Gasteiger partial charge >= 0.3 is 0 Å². The van der Waals surface area contributed by atoms with Crippen molar-refractivity contribution in [3.8, 4) is 0 Å². The van der Waals surface area contributed by atoms with Gasteiger partial charge in [0.15, 0.2) is 0 Å². The molecule has 1 fully saturated rings. The highest BCUT2D eigenvalue weighted by molar-refractivity contribution is 7.86. The van der Waals surface area contributed by atoms with Crippen LogP contribution < -0.4 is 5.32 Å². The Balaban J connectivity index is 1.69. The molecular weight excluding hydrogens is 408 g/mol. The number of hydrogen-bond donors (Lipinski definition) is 1. The number of piperidine rings is 1. The van der Waals surface area contributed by atoms with Gasteiger partial charge in [-0.2, -0.15) is 17.0 Å². The van der Waals surface area contributed by atoms with Gasteiger partial charge in [-0.05, 0) is 51.8 Å². The summed E-state index contributed by atoms with van der Waals surface area (Å²) in [7, 11) is -0.480. The molecule has 0 aromatic heterocycles. The van der Waals surface area contributed by atoms with Crippen LogP contribution in [0.4, 0.5) is 0 Å². The molecule has 0 unspecified atom stereocenters. The first kappa shape index (κ1) is 22.4. The molecule has 0 bridgehead atoms. The molecule has 164 valence electrons. The minimum Gasteiger partial charge on any atom is -0.349 e. The number of amides is 3. The number of benzene rings is 1. The molecule has 2 heterocycles. The highest BCUT2D eigenvalue weighted by atomic mass is 32.2. The van der Waals surface area contributed by atoms with Crippen molar-refractivity contribution in [2.75, 3.05) is 27.2 Å². The summed E-state index contributed by atoms with van der Waals surface area (Å²) in [5.41, 5.74) is 0.174. The zero-order valence-electron chi connectivity index (χ0n) is 17.9. The maximum Gasteiger partial charge on any atom is 0.281 e. The Bertz CT molecular complexity index is 989. The molecule has 9 nitrogen and oxygen atoms in total. The Morgan fingerprint density at radius 1 is 1.07 bits per heavy atom. The van der Waals surface area contributed by atoms with Crippen LogP contribution in [-0.4, -0.2) is 78.4 Å². The molecule has 30 heavy (non-hydrogen) atoms. The zero-order valence-corrected chi connectivity index (χ0v) is 18.7. The SMILES string of the molecule is CN(C)S(=O)(=O)N1CCC(NC(=O)c2ccc3c(c2)C(=O)N(C(C)(C)C)C3=O)CC1. The van der Waals surface area contributed by atoms with E-state index in [0.717, 1.165) is 0 Å². The van der Waals surface area contributed by atoms with Gasteiger partial charge in [-0.3, -0.25) is 19.3 Å². The predicted octanol–water partition coefficient (Wildman–Crippen LogP) is 1.08. The highest BCUT2D eigenvalue weighted by Crippen LogP contribution is 2.30. The second-order valence-electron chi connectivity index (χ2n) is 8.81. The van der Waals surface area contributed by atoms with Crippen molar-refractivity contribution in [2.45, 2.75) is 45.2 Å². The standard InChI is InChI=1S/C20H28N4O5S/c1-20(2,3)24-18(26)15-7-6-13(12-16(15)19(24)27)17(25)21-14-8-10-23(11-9-14)30(28,29)22(4)5/h6-7,12,14H,8-11H2,1-5H3,(H,21,25). The van der Waals surface area contributed by atoms with Gasteiger partial charge in [-0.25, -0.2) is 0 Å². The smallest absolute Gasteiger partial charge is 0.281 e. The van der Waals surface area contributed by atoms with Gasteiger partial charge in [-0.1, -0.05) is 0 Å². The second kappa shape index (κ2) is 7.75. The zero-order chi connectivity index (χ0) is 22.4. The molecule has 0 spiro atoms. The fourth-order valence-corrected chi connectivity index (χ4v) is 4.86. The van der Waals surface area contributed by atoms with E-state index in [-0.39, 0.29) is 23.4 Å². The summed E-state index contributed by atoms with van der Waals surface area (Å²) in [6.45, 7) is 5.99. The molecule has 0 radical (unpaired) electrons. The molecule has 0 saturated carbocycles. The van der Waals surface area contributed by atoms with Gasteiger partial charge in [0.1, 0.15) is 0 Å². The van der Waals surface area contributed by atoms with Crippen LogP contribution in [0, 0.1) is 0 Å². The summed E-state index contributed by atoms with van der Waals surface area (Å²) < 4.78 is 27.0. The molecule has 3 rings (SSSR count). The summed E-state index contributed by atoms with van der Waals surface area (Å²) in [6, 6.07) is 4.35. The second-order valence-corrected chi connectivity index (χ2v) is 11.0. The van der Waals surface area contributed by atoms with Gasteiger partial charge in [0.25, 0.3) is 27.9 Å². The largest absolute Gasteiger partial charge is 0.349 e. The Kier molecular flexibility index (Phi) is 5.78. The number of imide groups is 1. The van der Waals surface area contributed by atoms with Crippen LogP contribution in [-0.2, 0) is 10.2 Å². The molecular formula is C20H28N4O5S. The van der Waals surface area contributed by atoms with E-state index in [1.54, 1.807) is 20.8 Å². The van der Waals surface area contributed by atoms with Gasteiger partial charge in [0.05, 0.1) is 11.1 Å². The maximum atomic E-state index is 12.7. The van der Waals surface area contributed by atoms with Crippen molar-refractivity contribution < 1.29 is 22.8 Å². The molecule has 1 N–H and O–H groups in total. The molecule has 1 aromatic rings. The third-order valence-electron chi connectivity index (χ3n) is 5.40. The summed E-state index contributed by atoms with van der Waals surface area (Å²) in [6.07, 6.45) is 0.998. The van der Waals surface area contributed by atoms with Gasteiger partial charge in [0.2, 0.25) is 0 Å². The van der Waals surface area contributed by atoms with E-state index in [0.29, 0.717) is 37.1 Å². The van der Waals surface area contributed by atoms with Crippen LogP contribution in [0.2, 0.25) is 0 Å². The van der Waals surface area contributed by atoms with Crippen LogP contribution >= 0.6 is 0 Å². The maximum absolute atomic E-state index is 12.7. The number of hydrogen-bond acceptors (Lipinski definition) is 5. The number of fused-ring (bicyclic) bond motifs is 1. The fraction of sp³-hybridized carbons (Fsp3) is 0.550. The van der Waals surface area contributed by atoms with E-state index in [4.69, 9.17) is 0 Å². The molecule has 2 aliphatic heterocycles. The van der Waals surface area contributed by atoms with E-state index >= 15 is 0 Å². The third kappa shape index (κ3) is 3.99. The van der Waals surface area contributed by atoms with Crippen LogP contribution in [0.25, 0.3) is 0 Å². The lowest BCUT2D eigenvalue weighted by Gasteiger charge is -2.33. The Morgan fingerprint density at radius 2 is 1.63 bits per heavy atom. The lowest BCUT2D eigenvalue weighted by molar-refractivity contribution is 0.0507. The fourth-order valence-electron chi connectivity index (χ4n) is 3.72. The highest BCUT2D eigenvalue weighted by Gasteiger charge is 2.42. The Labute approximate surface area is 177 Å². The van der Waals surface area contributed by atoms with E-state index in [1.807, 2.05) is 0 Å². The van der Waals surface area contributed by atoms with Crippen molar-refractivity contribution >= 4 is 27.9 Å². The van der Waals surface area contributed by atoms with Crippen molar-refractivity contribution in [1.82, 2.24) is 18.8 Å². The number of rotatable bonds is 4. The minimum absolute atomic E-state index is 0.164. The lowest BCUT2D eigenvalue weighted by Crippen LogP contribution is -2.49. The summed E-state index contributed by atoms with van der Waals surface area (Å²) in [5.74, 6) is -1.11. The Morgan fingerprint density at radius 3 is 2.17 bits per heavy atom. The molecule has 0 aliphatic carbocycles. The molecule has 2 aliphatic rings. The van der Waals surface area contributed by atoms with Crippen LogP contribution in [0.3, 0.4) is 0 Å². The Hall–Kier alpha value is -2.30. The average molecular weight is 437 g/mol. The van der Waals surface area contributed by atoms with Crippen LogP contribution in [0.5, 0.6) is 0 Å². The van der Waals surface area contributed by atoms with Gasteiger partial charge in [-0.15, -0.1) is 0 Å². The number of carbonyl (C=O) groups is 3. The molecule has 0 atom stereocenters. The lowest BCUT2D eigenvalue weighted by atomic mass is 10.0. The first-order valence-electron chi connectivity index (χ1n) is 9.85. The van der Waals surface area contributed by atoms with Crippen molar-refractivity contribution in [3.63, 3.8) is 0 Å². The molecule has 1 aromatic carbocycles. The van der Waals surface area contributed by atoms with E-state index in [1.165, 1.54) is 45.8 Å². The molecule has 10 heteroatoms. The third-order valence-corrected chi connectivity index (χ3v) is 7.34. The monoisotopic (exact) mass is 436 g/mol. The first-order chi connectivity index (χ1) is 13.8. The first-order valence-corrected chi connectivity index (χ1v) is 11.2. The van der Waals surface area contributed by atoms with E-state index in [9.17, 15) is 22.8 Å². The van der Waals surface area contributed by atoms with Gasteiger partial charge in [0, 0.05) is 44.3 Å². The summed E-state index contributed by atoms with van der Waals surface area (Å²) in [5, 5.41) is 2.91. The van der Waals surface area contributed by atoms with Crippen molar-refractivity contribution in [3.05, 3.63) is 34.9 Å². The molecule has 1 saturated heterocycles. The van der Waals surface area contributed by atoms with E-state index < -0.39 is 21.7 Å². The molecule has 3 amide bonds. The number of carbonyl (C=O) groups excluding carboxylic acids is 3. The van der Waals surface area contributed by atoms with Crippen LogP contribution in [0.15, 0.2) is 18.2 Å².